The zero-order chi connectivity index (χ0) is 8.65. The molecule has 66 valence electrons. The lowest BCUT2D eigenvalue weighted by Crippen LogP contribution is -2.39. The highest BCUT2D eigenvalue weighted by Gasteiger charge is 2.40. The smallest absolute Gasteiger partial charge is 0.0334 e. The molecule has 0 heterocycles. The van der Waals surface area contributed by atoms with Crippen LogP contribution in [-0.4, -0.2) is 0 Å². The van der Waals surface area contributed by atoms with Crippen molar-refractivity contribution in [2.75, 3.05) is 0 Å². The normalized spacial score (nSPS) is 32.2. The van der Waals surface area contributed by atoms with Crippen molar-refractivity contribution in [2.24, 2.45) is 23.2 Å². The van der Waals surface area contributed by atoms with Gasteiger partial charge in [0.2, 0.25) is 0 Å². The predicted molar refractivity (Wildman–Crippen MR) is 50.5 cm³/mol. The van der Waals surface area contributed by atoms with Gasteiger partial charge in [0.1, 0.15) is 0 Å². The summed E-state index contributed by atoms with van der Waals surface area (Å²) < 4.78 is 0. The second-order valence-electron chi connectivity index (χ2n) is 5.46. The molecule has 0 bridgehead atoms. The second kappa shape index (κ2) is 2.80. The van der Waals surface area contributed by atoms with Gasteiger partial charge in [-0.25, -0.2) is 0 Å². The molecule has 0 aliphatic heterocycles. The number of hydrogen-bond donors (Lipinski definition) is 0. The average Bonchev–Trinajstić information content (AvgIpc) is 1.51. The Hall–Kier alpha value is 0. The van der Waals surface area contributed by atoms with Crippen molar-refractivity contribution in [3.8, 4) is 0 Å². The Balaban J connectivity index is 2.50. The van der Waals surface area contributed by atoms with E-state index in [2.05, 4.69) is 34.6 Å². The third kappa shape index (κ3) is 1.77. The molecular weight excluding hydrogens is 132 g/mol. The van der Waals surface area contributed by atoms with E-state index < -0.39 is 0 Å². The molecule has 1 saturated carbocycles. The van der Waals surface area contributed by atoms with Gasteiger partial charge in [-0.05, 0) is 36.0 Å². The first-order valence-corrected chi connectivity index (χ1v) is 4.93. The van der Waals surface area contributed by atoms with Gasteiger partial charge in [0.05, 0.1) is 0 Å². The van der Waals surface area contributed by atoms with Crippen molar-refractivity contribution in [1.82, 2.24) is 0 Å². The van der Waals surface area contributed by atoms with Crippen molar-refractivity contribution in [2.45, 2.75) is 47.5 Å². The molecule has 0 heteroatoms. The molecule has 0 aromatic rings. The van der Waals surface area contributed by atoms with Crippen molar-refractivity contribution >= 4 is 0 Å². The van der Waals surface area contributed by atoms with E-state index in [1.165, 1.54) is 12.8 Å². The summed E-state index contributed by atoms with van der Waals surface area (Å²) in [7, 11) is 0. The van der Waals surface area contributed by atoms with Crippen LogP contribution in [0.2, 0.25) is 0 Å². The summed E-state index contributed by atoms with van der Waals surface area (Å²) in [4.78, 5) is 0. The Kier molecular flexibility index (Phi) is 2.32. The zero-order valence-electron chi connectivity index (χ0n) is 8.65. The van der Waals surface area contributed by atoms with Crippen LogP contribution in [0, 0.1) is 23.2 Å². The van der Waals surface area contributed by atoms with E-state index >= 15 is 0 Å². The van der Waals surface area contributed by atoms with Crippen LogP contribution in [0.4, 0.5) is 0 Å². The Morgan fingerprint density at radius 3 is 1.73 bits per heavy atom. The molecule has 11 heavy (non-hydrogen) atoms. The van der Waals surface area contributed by atoms with Crippen LogP contribution >= 0.6 is 0 Å². The lowest BCUT2D eigenvalue weighted by Gasteiger charge is -2.47. The minimum absolute atomic E-state index is 0.549. The standard InChI is InChI=1S/C11H22/c1-8(2)9-6-7-10(9)11(3,4)5/h8-10H,6-7H2,1-5H3. The highest BCUT2D eigenvalue weighted by Crippen LogP contribution is 2.49. The van der Waals surface area contributed by atoms with Gasteiger partial charge in [-0.2, -0.15) is 0 Å². The van der Waals surface area contributed by atoms with Crippen molar-refractivity contribution in [1.29, 1.82) is 0 Å². The Labute approximate surface area is 71.4 Å². The summed E-state index contributed by atoms with van der Waals surface area (Å²) in [5.41, 5.74) is 0.549. The van der Waals surface area contributed by atoms with Gasteiger partial charge >= 0.3 is 0 Å². The molecule has 0 nitrogen and oxygen atoms in total. The molecule has 2 atom stereocenters. The first kappa shape index (κ1) is 9.09. The SMILES string of the molecule is CC(C)C1CCC1C(C)(C)C. The van der Waals surface area contributed by atoms with Crippen molar-refractivity contribution in [3.05, 3.63) is 0 Å². The average molecular weight is 154 g/mol. The van der Waals surface area contributed by atoms with E-state index in [4.69, 9.17) is 0 Å². The van der Waals surface area contributed by atoms with Crippen LogP contribution in [0.3, 0.4) is 0 Å². The molecule has 0 aromatic carbocycles. The lowest BCUT2D eigenvalue weighted by atomic mass is 9.58. The topological polar surface area (TPSA) is 0 Å². The monoisotopic (exact) mass is 154 g/mol. The van der Waals surface area contributed by atoms with E-state index in [1.807, 2.05) is 0 Å². The van der Waals surface area contributed by atoms with Gasteiger partial charge in [0.15, 0.2) is 0 Å². The second-order valence-corrected chi connectivity index (χ2v) is 5.46. The van der Waals surface area contributed by atoms with Gasteiger partial charge < -0.3 is 0 Å². The third-order valence-corrected chi connectivity index (χ3v) is 3.30. The summed E-state index contributed by atoms with van der Waals surface area (Å²) in [6.07, 6.45) is 2.94. The summed E-state index contributed by atoms with van der Waals surface area (Å²) in [5, 5.41) is 0. The molecule has 1 aliphatic rings. The largest absolute Gasteiger partial charge is 0.0625 e. The minimum atomic E-state index is 0.549. The van der Waals surface area contributed by atoms with E-state index in [0.717, 1.165) is 17.8 Å². The van der Waals surface area contributed by atoms with Crippen LogP contribution in [0.1, 0.15) is 47.5 Å². The fraction of sp³-hybridized carbons (Fsp3) is 1.00. The Morgan fingerprint density at radius 1 is 1.09 bits per heavy atom. The predicted octanol–water partition coefficient (Wildman–Crippen LogP) is 3.71. The highest BCUT2D eigenvalue weighted by molar-refractivity contribution is 4.89. The zero-order valence-corrected chi connectivity index (χ0v) is 8.65. The number of rotatable bonds is 1. The minimum Gasteiger partial charge on any atom is -0.0625 e. The molecule has 0 amide bonds. The molecule has 0 N–H and O–H groups in total. The molecule has 1 aliphatic carbocycles. The van der Waals surface area contributed by atoms with E-state index in [0.29, 0.717) is 5.41 Å². The van der Waals surface area contributed by atoms with Crippen LogP contribution in [-0.2, 0) is 0 Å². The maximum atomic E-state index is 2.38. The molecule has 1 fully saturated rings. The Bertz CT molecular complexity index is 127. The van der Waals surface area contributed by atoms with Gasteiger partial charge in [0, 0.05) is 0 Å². The molecule has 0 aromatic heterocycles. The quantitative estimate of drug-likeness (QED) is 0.540. The van der Waals surface area contributed by atoms with Gasteiger partial charge in [-0.1, -0.05) is 34.6 Å². The maximum absolute atomic E-state index is 2.38. The van der Waals surface area contributed by atoms with E-state index in [1.54, 1.807) is 0 Å². The van der Waals surface area contributed by atoms with Gasteiger partial charge in [-0.15, -0.1) is 0 Å². The van der Waals surface area contributed by atoms with Gasteiger partial charge in [0.25, 0.3) is 0 Å². The third-order valence-electron chi connectivity index (χ3n) is 3.30. The van der Waals surface area contributed by atoms with Crippen LogP contribution < -0.4 is 0 Å². The molecule has 1 rings (SSSR count). The van der Waals surface area contributed by atoms with Crippen LogP contribution in [0.15, 0.2) is 0 Å². The maximum Gasteiger partial charge on any atom is -0.0334 e. The van der Waals surface area contributed by atoms with E-state index in [-0.39, 0.29) is 0 Å². The molecular formula is C11H22. The first-order valence-electron chi connectivity index (χ1n) is 4.93. The van der Waals surface area contributed by atoms with Crippen LogP contribution in [0.5, 0.6) is 0 Å². The highest BCUT2D eigenvalue weighted by atomic mass is 14.4. The molecule has 2 unspecified atom stereocenters. The summed E-state index contributed by atoms with van der Waals surface area (Å²) in [5.74, 6) is 2.89. The number of hydrogen-bond acceptors (Lipinski definition) is 0. The first-order chi connectivity index (χ1) is 4.93. The fourth-order valence-corrected chi connectivity index (χ4v) is 2.40. The fourth-order valence-electron chi connectivity index (χ4n) is 2.40. The van der Waals surface area contributed by atoms with Crippen LogP contribution in [0.25, 0.3) is 0 Å². The van der Waals surface area contributed by atoms with Gasteiger partial charge in [-0.3, -0.25) is 0 Å². The van der Waals surface area contributed by atoms with Crippen molar-refractivity contribution in [3.63, 3.8) is 0 Å². The molecule has 0 radical (unpaired) electrons. The lowest BCUT2D eigenvalue weighted by molar-refractivity contribution is 0.0251. The summed E-state index contributed by atoms with van der Waals surface area (Å²) in [6.45, 7) is 11.9. The molecule has 0 saturated heterocycles. The Morgan fingerprint density at radius 2 is 1.64 bits per heavy atom. The summed E-state index contributed by atoms with van der Waals surface area (Å²) >= 11 is 0. The van der Waals surface area contributed by atoms with E-state index in [9.17, 15) is 0 Å². The summed E-state index contributed by atoms with van der Waals surface area (Å²) in [6, 6.07) is 0. The molecule has 0 spiro atoms. The van der Waals surface area contributed by atoms with Crippen molar-refractivity contribution < 1.29 is 0 Å².